The van der Waals surface area contributed by atoms with Gasteiger partial charge in [0.05, 0.1) is 4.90 Å². The van der Waals surface area contributed by atoms with Gasteiger partial charge in [-0.1, -0.05) is 58.0 Å². The van der Waals surface area contributed by atoms with Crippen LogP contribution >= 0.6 is 0 Å². The van der Waals surface area contributed by atoms with Crippen LogP contribution in [0.3, 0.4) is 0 Å². The zero-order valence-corrected chi connectivity index (χ0v) is 20.4. The average Bonchev–Trinajstić information content (AvgIpc) is 2.82. The predicted molar refractivity (Wildman–Crippen MR) is 130 cm³/mol. The van der Waals surface area contributed by atoms with E-state index in [1.54, 1.807) is 26.0 Å². The van der Waals surface area contributed by atoms with E-state index in [1.165, 1.54) is 28.6 Å². The number of para-hydroxylation sites is 1. The van der Waals surface area contributed by atoms with Gasteiger partial charge in [0.1, 0.15) is 0 Å². The molecule has 0 radical (unpaired) electrons. The molecule has 0 aliphatic carbocycles. The van der Waals surface area contributed by atoms with E-state index in [4.69, 9.17) is 4.74 Å². The number of nitrogens with zero attached hydrogens (tertiary/aromatic N) is 1. The third-order valence-electron chi connectivity index (χ3n) is 5.24. The van der Waals surface area contributed by atoms with Crippen LogP contribution in [0, 0.1) is 0 Å². The monoisotopic (exact) mass is 472 g/mol. The molecule has 0 atom stereocenters. The second-order valence-corrected chi connectivity index (χ2v) is 9.24. The molecule has 33 heavy (non-hydrogen) atoms. The Balaban J connectivity index is 1.95. The zero-order chi connectivity index (χ0) is 24.4. The molecule has 0 saturated heterocycles. The van der Waals surface area contributed by atoms with Crippen molar-refractivity contribution in [1.29, 1.82) is 0 Å². The SMILES string of the molecule is CCc1cccc(CC)c1NC(=O)COC(=O)C=Cc1ccc(S(=O)(=O)N(CC)CC)cc1. The lowest BCUT2D eigenvalue weighted by Gasteiger charge is -2.18. The summed E-state index contributed by atoms with van der Waals surface area (Å²) >= 11 is 0. The molecule has 7 nitrogen and oxygen atoms in total. The molecule has 0 unspecified atom stereocenters. The first-order valence-corrected chi connectivity index (χ1v) is 12.6. The molecule has 0 aromatic heterocycles. The third-order valence-corrected chi connectivity index (χ3v) is 7.31. The molecule has 0 aliphatic rings. The van der Waals surface area contributed by atoms with Gasteiger partial charge in [0.15, 0.2) is 6.61 Å². The quantitative estimate of drug-likeness (QED) is 0.394. The Morgan fingerprint density at radius 1 is 0.939 bits per heavy atom. The normalized spacial score (nSPS) is 11.7. The van der Waals surface area contributed by atoms with Gasteiger partial charge >= 0.3 is 5.97 Å². The van der Waals surface area contributed by atoms with E-state index < -0.39 is 28.5 Å². The molecule has 0 spiro atoms. The van der Waals surface area contributed by atoms with E-state index in [-0.39, 0.29) is 4.90 Å². The maximum absolute atomic E-state index is 12.5. The van der Waals surface area contributed by atoms with Crippen LogP contribution in [0.5, 0.6) is 0 Å². The van der Waals surface area contributed by atoms with E-state index in [2.05, 4.69) is 5.32 Å². The van der Waals surface area contributed by atoms with E-state index >= 15 is 0 Å². The zero-order valence-electron chi connectivity index (χ0n) is 19.6. The first kappa shape index (κ1) is 26.3. The number of carbonyl (C=O) groups is 2. The highest BCUT2D eigenvalue weighted by molar-refractivity contribution is 7.89. The topological polar surface area (TPSA) is 92.8 Å². The maximum Gasteiger partial charge on any atom is 0.331 e. The molecule has 2 rings (SSSR count). The number of benzene rings is 2. The molecular formula is C25H32N2O5S. The molecule has 0 saturated carbocycles. The molecule has 1 N–H and O–H groups in total. The van der Waals surface area contributed by atoms with Crippen molar-refractivity contribution >= 4 is 33.7 Å². The summed E-state index contributed by atoms with van der Waals surface area (Å²) in [6, 6.07) is 12.1. The number of carbonyl (C=O) groups excluding carboxylic acids is 2. The van der Waals surface area contributed by atoms with Gasteiger partial charge in [0.2, 0.25) is 10.0 Å². The fraction of sp³-hybridized carbons (Fsp3) is 0.360. The third kappa shape index (κ3) is 7.00. The van der Waals surface area contributed by atoms with Crippen LogP contribution in [-0.4, -0.2) is 44.3 Å². The Labute approximate surface area is 196 Å². The summed E-state index contributed by atoms with van der Waals surface area (Å²) in [5.74, 6) is -1.07. The molecule has 1 amide bonds. The molecule has 0 fully saturated rings. The fourth-order valence-electron chi connectivity index (χ4n) is 3.39. The van der Waals surface area contributed by atoms with E-state index in [1.807, 2.05) is 32.0 Å². The summed E-state index contributed by atoms with van der Waals surface area (Å²) in [5, 5.41) is 2.85. The highest BCUT2D eigenvalue weighted by Crippen LogP contribution is 2.22. The highest BCUT2D eigenvalue weighted by atomic mass is 32.2. The Kier molecular flexibility index (Phi) is 9.81. The number of esters is 1. The van der Waals surface area contributed by atoms with E-state index in [0.29, 0.717) is 18.7 Å². The van der Waals surface area contributed by atoms with Crippen molar-refractivity contribution in [3.05, 3.63) is 65.2 Å². The number of amides is 1. The Bertz CT molecular complexity index is 1070. The van der Waals surface area contributed by atoms with Crippen LogP contribution in [0.25, 0.3) is 6.08 Å². The first-order chi connectivity index (χ1) is 15.8. The van der Waals surface area contributed by atoms with Crippen molar-refractivity contribution in [2.24, 2.45) is 0 Å². The number of nitrogens with one attached hydrogen (secondary N) is 1. The van der Waals surface area contributed by atoms with Gasteiger partial charge in [-0.05, 0) is 47.7 Å². The van der Waals surface area contributed by atoms with Crippen LogP contribution in [0.1, 0.15) is 44.4 Å². The summed E-state index contributed by atoms with van der Waals surface area (Å²) in [5.41, 5.74) is 3.47. The Morgan fingerprint density at radius 3 is 2.03 bits per heavy atom. The summed E-state index contributed by atoms with van der Waals surface area (Å²) < 4.78 is 31.5. The van der Waals surface area contributed by atoms with Crippen molar-refractivity contribution in [2.75, 3.05) is 25.0 Å². The van der Waals surface area contributed by atoms with Gasteiger partial charge in [-0.2, -0.15) is 4.31 Å². The Hall–Kier alpha value is -2.97. The van der Waals surface area contributed by atoms with Crippen molar-refractivity contribution in [2.45, 2.75) is 45.4 Å². The lowest BCUT2D eigenvalue weighted by molar-refractivity contribution is -0.142. The number of hydrogen-bond donors (Lipinski definition) is 1. The highest BCUT2D eigenvalue weighted by Gasteiger charge is 2.21. The molecule has 178 valence electrons. The van der Waals surface area contributed by atoms with Crippen molar-refractivity contribution in [3.8, 4) is 0 Å². The lowest BCUT2D eigenvalue weighted by atomic mass is 10.0. The smallest absolute Gasteiger partial charge is 0.331 e. The summed E-state index contributed by atoms with van der Waals surface area (Å²) in [4.78, 5) is 24.5. The standard InChI is InChI=1S/C25H32N2O5S/c1-5-20-10-9-11-21(6-2)25(20)26-23(28)18-32-24(29)17-14-19-12-15-22(16-13-19)33(30,31)27(7-3)8-4/h9-17H,5-8,18H2,1-4H3,(H,26,28). The van der Waals surface area contributed by atoms with Gasteiger partial charge in [-0.3, -0.25) is 4.79 Å². The van der Waals surface area contributed by atoms with Crippen LogP contribution in [0.15, 0.2) is 53.4 Å². The molecule has 8 heteroatoms. The number of aryl methyl sites for hydroxylation is 2. The molecule has 2 aromatic carbocycles. The van der Waals surface area contributed by atoms with E-state index in [0.717, 1.165) is 29.7 Å². The van der Waals surface area contributed by atoms with E-state index in [9.17, 15) is 18.0 Å². The Morgan fingerprint density at radius 2 is 1.52 bits per heavy atom. The van der Waals surface area contributed by atoms with Crippen molar-refractivity contribution in [3.63, 3.8) is 0 Å². The second kappa shape index (κ2) is 12.3. The largest absolute Gasteiger partial charge is 0.452 e. The van der Waals surface area contributed by atoms with Gasteiger partial charge in [0, 0.05) is 24.9 Å². The minimum Gasteiger partial charge on any atom is -0.452 e. The van der Waals surface area contributed by atoms with Gasteiger partial charge < -0.3 is 10.1 Å². The van der Waals surface area contributed by atoms with Crippen LogP contribution in [-0.2, 0) is 37.2 Å². The summed E-state index contributed by atoms with van der Waals surface area (Å²) in [6.07, 6.45) is 4.27. The second-order valence-electron chi connectivity index (χ2n) is 7.31. The molecule has 0 aliphatic heterocycles. The number of sulfonamides is 1. The number of anilines is 1. The number of hydrogen-bond acceptors (Lipinski definition) is 5. The minimum absolute atomic E-state index is 0.196. The molecule has 0 bridgehead atoms. The maximum atomic E-state index is 12.5. The van der Waals surface area contributed by atoms with Crippen LogP contribution in [0.2, 0.25) is 0 Å². The molecule has 0 heterocycles. The van der Waals surface area contributed by atoms with Gasteiger partial charge in [-0.15, -0.1) is 0 Å². The summed E-state index contributed by atoms with van der Waals surface area (Å²) in [6.45, 7) is 7.99. The molecule has 2 aromatic rings. The lowest BCUT2D eigenvalue weighted by Crippen LogP contribution is -2.30. The predicted octanol–water partition coefficient (Wildman–Crippen LogP) is 4.04. The minimum atomic E-state index is -3.53. The average molecular weight is 473 g/mol. The fourth-order valence-corrected chi connectivity index (χ4v) is 4.85. The van der Waals surface area contributed by atoms with Crippen molar-refractivity contribution in [1.82, 2.24) is 4.31 Å². The number of rotatable bonds is 11. The van der Waals surface area contributed by atoms with Crippen LogP contribution < -0.4 is 5.32 Å². The molecular weight excluding hydrogens is 440 g/mol. The van der Waals surface area contributed by atoms with Crippen molar-refractivity contribution < 1.29 is 22.7 Å². The first-order valence-electron chi connectivity index (χ1n) is 11.1. The van der Waals surface area contributed by atoms with Gasteiger partial charge in [0.25, 0.3) is 5.91 Å². The van der Waals surface area contributed by atoms with Crippen LogP contribution in [0.4, 0.5) is 5.69 Å². The number of ether oxygens (including phenoxy) is 1. The van der Waals surface area contributed by atoms with Gasteiger partial charge in [-0.25, -0.2) is 13.2 Å². The summed E-state index contributed by atoms with van der Waals surface area (Å²) in [7, 11) is -3.53.